The molecule has 0 aromatic rings. The summed E-state index contributed by atoms with van der Waals surface area (Å²) >= 11 is 0. The average Bonchev–Trinajstić information content (AvgIpc) is 2.36. The van der Waals surface area contributed by atoms with Crippen LogP contribution in [-0.2, 0) is 9.53 Å². The lowest BCUT2D eigenvalue weighted by Gasteiger charge is -2.31. The predicted molar refractivity (Wildman–Crippen MR) is 50.5 cm³/mol. The second-order valence-electron chi connectivity index (χ2n) is 4.63. The lowest BCUT2D eigenvalue weighted by molar-refractivity contribution is -0.146. The molecule has 3 atom stereocenters. The van der Waals surface area contributed by atoms with Gasteiger partial charge in [-0.15, -0.1) is 0 Å². The normalized spacial score (nSPS) is 45.8. The molecule has 2 rings (SSSR count). The Morgan fingerprint density at radius 3 is 2.69 bits per heavy atom. The van der Waals surface area contributed by atoms with E-state index in [0.29, 0.717) is 11.7 Å². The molecule has 0 N–H and O–H groups in total. The fourth-order valence-electron chi connectivity index (χ4n) is 2.61. The minimum atomic E-state index is -0.364. The summed E-state index contributed by atoms with van der Waals surface area (Å²) in [5, 5.41) is 0. The summed E-state index contributed by atoms with van der Waals surface area (Å²) < 4.78 is 5.86. The molecule has 1 saturated carbocycles. The van der Waals surface area contributed by atoms with Crippen molar-refractivity contribution in [2.75, 3.05) is 0 Å². The van der Waals surface area contributed by atoms with Crippen molar-refractivity contribution in [2.45, 2.75) is 57.7 Å². The van der Waals surface area contributed by atoms with E-state index in [0.717, 1.165) is 32.1 Å². The first-order valence-electron chi connectivity index (χ1n) is 5.35. The van der Waals surface area contributed by atoms with E-state index < -0.39 is 0 Å². The molecule has 2 aliphatic rings. The molecule has 0 radical (unpaired) electrons. The second-order valence-corrected chi connectivity index (χ2v) is 4.63. The van der Waals surface area contributed by atoms with Gasteiger partial charge >= 0.3 is 0 Å². The van der Waals surface area contributed by atoms with E-state index in [-0.39, 0.29) is 11.7 Å². The Bertz CT molecular complexity index is 212. The van der Waals surface area contributed by atoms with Crippen LogP contribution in [0.25, 0.3) is 0 Å². The van der Waals surface area contributed by atoms with Gasteiger partial charge in [0, 0.05) is 6.42 Å². The van der Waals surface area contributed by atoms with Crippen molar-refractivity contribution in [1.29, 1.82) is 0 Å². The highest BCUT2D eigenvalue weighted by Crippen LogP contribution is 2.42. The molecule has 0 unspecified atom stereocenters. The molecule has 74 valence electrons. The van der Waals surface area contributed by atoms with Gasteiger partial charge in [-0.2, -0.15) is 0 Å². The van der Waals surface area contributed by atoms with E-state index in [1.807, 2.05) is 0 Å². The molecule has 2 nitrogen and oxygen atoms in total. The van der Waals surface area contributed by atoms with Crippen LogP contribution in [0.5, 0.6) is 0 Å². The van der Waals surface area contributed by atoms with Crippen molar-refractivity contribution in [3.63, 3.8) is 0 Å². The summed E-state index contributed by atoms with van der Waals surface area (Å²) in [5.74, 6) is 0.900. The van der Waals surface area contributed by atoms with Crippen LogP contribution in [0.4, 0.5) is 0 Å². The molecule has 0 amide bonds. The minimum Gasteiger partial charge on any atom is -0.364 e. The van der Waals surface area contributed by atoms with Crippen molar-refractivity contribution in [2.24, 2.45) is 5.92 Å². The Kier molecular flexibility index (Phi) is 2.18. The molecule has 1 spiro atoms. The third-order valence-corrected chi connectivity index (χ3v) is 3.61. The standard InChI is InChI=1S/C11H18O2/c1-8-7-11(13-9(8)2)6-4-3-5-10(11)12/h8-9H,3-7H2,1-2H3/t8-,9-,11+/m1/s1. The average molecular weight is 182 g/mol. The summed E-state index contributed by atoms with van der Waals surface area (Å²) in [7, 11) is 0. The van der Waals surface area contributed by atoms with Crippen LogP contribution >= 0.6 is 0 Å². The van der Waals surface area contributed by atoms with Gasteiger partial charge in [-0.3, -0.25) is 4.79 Å². The number of carbonyl (C=O) groups excluding carboxylic acids is 1. The van der Waals surface area contributed by atoms with Crippen LogP contribution < -0.4 is 0 Å². The summed E-state index contributed by atoms with van der Waals surface area (Å²) in [6.07, 6.45) is 5.13. The first-order valence-corrected chi connectivity index (χ1v) is 5.35. The number of ketones is 1. The monoisotopic (exact) mass is 182 g/mol. The zero-order valence-electron chi connectivity index (χ0n) is 8.51. The topological polar surface area (TPSA) is 26.3 Å². The SMILES string of the molecule is C[C@@H]1C[C@]2(CCCCC2=O)O[C@@H]1C. The van der Waals surface area contributed by atoms with Crippen LogP contribution in [0.2, 0.25) is 0 Å². The first-order chi connectivity index (χ1) is 6.14. The number of carbonyl (C=O) groups is 1. The van der Waals surface area contributed by atoms with E-state index in [4.69, 9.17) is 4.74 Å². The van der Waals surface area contributed by atoms with Gasteiger partial charge in [-0.25, -0.2) is 0 Å². The van der Waals surface area contributed by atoms with Gasteiger partial charge in [0.25, 0.3) is 0 Å². The predicted octanol–water partition coefficient (Wildman–Crippen LogP) is 2.31. The third kappa shape index (κ3) is 1.41. The van der Waals surface area contributed by atoms with Crippen LogP contribution in [0.1, 0.15) is 46.0 Å². The Labute approximate surface area is 79.7 Å². The van der Waals surface area contributed by atoms with E-state index in [9.17, 15) is 4.79 Å². The molecule has 0 aromatic carbocycles. The lowest BCUT2D eigenvalue weighted by atomic mass is 9.79. The van der Waals surface area contributed by atoms with Gasteiger partial charge in [0.1, 0.15) is 5.60 Å². The van der Waals surface area contributed by atoms with E-state index in [1.54, 1.807) is 0 Å². The van der Waals surface area contributed by atoms with E-state index in [1.165, 1.54) is 0 Å². The van der Waals surface area contributed by atoms with Gasteiger partial charge in [0.05, 0.1) is 6.10 Å². The minimum absolute atomic E-state index is 0.266. The molecule has 1 aliphatic carbocycles. The molecule has 0 bridgehead atoms. The molecule has 0 aromatic heterocycles. The number of hydrogen-bond donors (Lipinski definition) is 0. The fourth-order valence-corrected chi connectivity index (χ4v) is 2.61. The lowest BCUT2D eigenvalue weighted by Crippen LogP contribution is -2.41. The van der Waals surface area contributed by atoms with Crippen molar-refractivity contribution in [1.82, 2.24) is 0 Å². The molecule has 1 saturated heterocycles. The van der Waals surface area contributed by atoms with Crippen LogP contribution in [0.15, 0.2) is 0 Å². The van der Waals surface area contributed by atoms with Crippen molar-refractivity contribution in [3.8, 4) is 0 Å². The Hall–Kier alpha value is -0.370. The molecular weight excluding hydrogens is 164 g/mol. The molecule has 1 aliphatic heterocycles. The molecule has 2 fully saturated rings. The van der Waals surface area contributed by atoms with Crippen molar-refractivity contribution >= 4 is 5.78 Å². The summed E-state index contributed by atoms with van der Waals surface area (Å²) in [6.45, 7) is 4.27. The Morgan fingerprint density at radius 2 is 2.15 bits per heavy atom. The molecule has 13 heavy (non-hydrogen) atoms. The Balaban J connectivity index is 2.16. The summed E-state index contributed by atoms with van der Waals surface area (Å²) in [5.41, 5.74) is -0.364. The van der Waals surface area contributed by atoms with Crippen molar-refractivity contribution < 1.29 is 9.53 Å². The van der Waals surface area contributed by atoms with Crippen molar-refractivity contribution in [3.05, 3.63) is 0 Å². The maximum atomic E-state index is 11.8. The molecule has 2 heteroatoms. The zero-order chi connectivity index (χ0) is 9.47. The second kappa shape index (κ2) is 3.09. The summed E-state index contributed by atoms with van der Waals surface area (Å²) in [4.78, 5) is 11.8. The van der Waals surface area contributed by atoms with Crippen LogP contribution in [-0.4, -0.2) is 17.5 Å². The van der Waals surface area contributed by atoms with Gasteiger partial charge in [-0.05, 0) is 38.5 Å². The van der Waals surface area contributed by atoms with Gasteiger partial charge in [0.15, 0.2) is 5.78 Å². The first kappa shape index (κ1) is 9.20. The highest BCUT2D eigenvalue weighted by atomic mass is 16.5. The molecule has 1 heterocycles. The van der Waals surface area contributed by atoms with Gasteiger partial charge in [-0.1, -0.05) is 6.92 Å². The number of hydrogen-bond acceptors (Lipinski definition) is 2. The maximum absolute atomic E-state index is 11.8. The fraction of sp³-hybridized carbons (Fsp3) is 0.909. The highest BCUT2D eigenvalue weighted by molar-refractivity contribution is 5.88. The zero-order valence-corrected chi connectivity index (χ0v) is 8.51. The van der Waals surface area contributed by atoms with Crippen LogP contribution in [0, 0.1) is 5.92 Å². The smallest absolute Gasteiger partial charge is 0.164 e. The largest absolute Gasteiger partial charge is 0.364 e. The summed E-state index contributed by atoms with van der Waals surface area (Å²) in [6, 6.07) is 0. The number of Topliss-reactive ketones (excluding diaryl/α,β-unsaturated/α-hetero) is 1. The van der Waals surface area contributed by atoms with Crippen LogP contribution in [0.3, 0.4) is 0 Å². The molecular formula is C11H18O2. The van der Waals surface area contributed by atoms with Gasteiger partial charge < -0.3 is 4.74 Å². The van der Waals surface area contributed by atoms with E-state index in [2.05, 4.69) is 13.8 Å². The maximum Gasteiger partial charge on any atom is 0.164 e. The van der Waals surface area contributed by atoms with Gasteiger partial charge in [0.2, 0.25) is 0 Å². The highest BCUT2D eigenvalue weighted by Gasteiger charge is 2.48. The van der Waals surface area contributed by atoms with E-state index >= 15 is 0 Å². The third-order valence-electron chi connectivity index (χ3n) is 3.61. The quantitative estimate of drug-likeness (QED) is 0.574. The number of rotatable bonds is 0. The number of ether oxygens (including phenoxy) is 1. The Morgan fingerprint density at radius 1 is 1.38 bits per heavy atom.